The fourth-order valence-corrected chi connectivity index (χ4v) is 2.93. The number of hydrogen-bond donors (Lipinski definition) is 1. The van der Waals surface area contributed by atoms with Crippen LogP contribution in [0.1, 0.15) is 19.8 Å². The molecule has 0 aromatic carbocycles. The summed E-state index contributed by atoms with van der Waals surface area (Å²) in [5.74, 6) is 0.867. The van der Waals surface area contributed by atoms with Crippen LogP contribution in [0, 0.1) is 5.92 Å². The van der Waals surface area contributed by atoms with E-state index in [1.54, 1.807) is 7.11 Å². The molecule has 2 saturated heterocycles. The average Bonchev–Trinajstić information content (AvgIpc) is 2.70. The Bertz CT molecular complexity index is 290. The number of carbonyl (C=O) groups excluding carboxylic acids is 1. The predicted molar refractivity (Wildman–Crippen MR) is 75.1 cm³/mol. The molecule has 2 heterocycles. The minimum absolute atomic E-state index is 0.271. The van der Waals surface area contributed by atoms with Crippen molar-refractivity contribution in [1.29, 1.82) is 0 Å². The van der Waals surface area contributed by atoms with E-state index in [9.17, 15) is 4.79 Å². The van der Waals surface area contributed by atoms with Crippen molar-refractivity contribution in [3.8, 4) is 0 Å². The Morgan fingerprint density at radius 2 is 2.16 bits per heavy atom. The number of rotatable bonds is 3. The third kappa shape index (κ3) is 4.16. The van der Waals surface area contributed by atoms with E-state index in [0.29, 0.717) is 12.5 Å². The fourth-order valence-electron chi connectivity index (χ4n) is 2.93. The fraction of sp³-hybridized carbons (Fsp3) is 0.929. The summed E-state index contributed by atoms with van der Waals surface area (Å²) < 4.78 is 5.50. The van der Waals surface area contributed by atoms with Gasteiger partial charge in [-0.05, 0) is 31.8 Å². The molecule has 0 saturated carbocycles. The van der Waals surface area contributed by atoms with Crippen LogP contribution in [0.25, 0.3) is 0 Å². The molecule has 19 heavy (non-hydrogen) atoms. The maximum atomic E-state index is 12.3. The van der Waals surface area contributed by atoms with Gasteiger partial charge in [0.2, 0.25) is 5.91 Å². The number of ether oxygens (including phenoxy) is 1. The van der Waals surface area contributed by atoms with Gasteiger partial charge in [0.25, 0.3) is 0 Å². The van der Waals surface area contributed by atoms with Crippen molar-refractivity contribution in [2.45, 2.75) is 25.9 Å². The Hall–Kier alpha value is -0.650. The SMILES string of the molecule is COC1CN(CC(=O)N2CCCNCC2)CCC1C. The molecule has 2 unspecified atom stereocenters. The lowest BCUT2D eigenvalue weighted by atomic mass is 9.96. The zero-order valence-electron chi connectivity index (χ0n) is 12.2. The molecule has 0 aliphatic carbocycles. The zero-order valence-corrected chi connectivity index (χ0v) is 12.2. The molecule has 0 spiro atoms. The normalized spacial score (nSPS) is 30.1. The second-order valence-electron chi connectivity index (χ2n) is 5.76. The number of piperidine rings is 1. The lowest BCUT2D eigenvalue weighted by Gasteiger charge is -2.36. The summed E-state index contributed by atoms with van der Waals surface area (Å²) >= 11 is 0. The van der Waals surface area contributed by atoms with Crippen molar-refractivity contribution in [1.82, 2.24) is 15.1 Å². The van der Waals surface area contributed by atoms with Gasteiger partial charge in [-0.2, -0.15) is 0 Å². The maximum absolute atomic E-state index is 12.3. The highest BCUT2D eigenvalue weighted by Gasteiger charge is 2.28. The summed E-state index contributed by atoms with van der Waals surface area (Å²) in [7, 11) is 1.77. The molecule has 2 rings (SSSR count). The van der Waals surface area contributed by atoms with Crippen molar-refractivity contribution in [3.05, 3.63) is 0 Å². The lowest BCUT2D eigenvalue weighted by Crippen LogP contribution is -2.49. The first-order valence-electron chi connectivity index (χ1n) is 7.44. The molecule has 2 fully saturated rings. The first-order chi connectivity index (χ1) is 9.20. The third-order valence-corrected chi connectivity index (χ3v) is 4.33. The highest BCUT2D eigenvalue weighted by Crippen LogP contribution is 2.19. The minimum Gasteiger partial charge on any atom is -0.380 e. The van der Waals surface area contributed by atoms with E-state index in [4.69, 9.17) is 4.74 Å². The van der Waals surface area contributed by atoms with Crippen LogP contribution in [-0.2, 0) is 9.53 Å². The van der Waals surface area contributed by atoms with Gasteiger partial charge in [0.05, 0.1) is 12.6 Å². The molecular formula is C14H27N3O2. The average molecular weight is 269 g/mol. The number of nitrogens with one attached hydrogen (secondary N) is 1. The first kappa shape index (κ1) is 14.8. The highest BCUT2D eigenvalue weighted by atomic mass is 16.5. The van der Waals surface area contributed by atoms with E-state index in [1.165, 1.54) is 0 Å². The summed E-state index contributed by atoms with van der Waals surface area (Å²) in [4.78, 5) is 16.6. The smallest absolute Gasteiger partial charge is 0.236 e. The molecule has 5 heteroatoms. The Morgan fingerprint density at radius 1 is 1.32 bits per heavy atom. The van der Waals surface area contributed by atoms with Crippen molar-refractivity contribution < 1.29 is 9.53 Å². The number of likely N-dealkylation sites (tertiary alicyclic amines) is 1. The van der Waals surface area contributed by atoms with Crippen LogP contribution in [-0.4, -0.2) is 74.7 Å². The molecule has 0 radical (unpaired) electrons. The van der Waals surface area contributed by atoms with Gasteiger partial charge in [-0.3, -0.25) is 9.69 Å². The highest BCUT2D eigenvalue weighted by molar-refractivity contribution is 5.78. The number of hydrogen-bond acceptors (Lipinski definition) is 4. The summed E-state index contributed by atoms with van der Waals surface area (Å²) in [6, 6.07) is 0. The van der Waals surface area contributed by atoms with Gasteiger partial charge in [-0.25, -0.2) is 0 Å². The molecule has 1 N–H and O–H groups in total. The van der Waals surface area contributed by atoms with E-state index in [0.717, 1.165) is 52.1 Å². The van der Waals surface area contributed by atoms with E-state index in [-0.39, 0.29) is 12.0 Å². The Kier molecular flexibility index (Phi) is 5.60. The summed E-state index contributed by atoms with van der Waals surface area (Å²) in [6.07, 6.45) is 2.45. The number of methoxy groups -OCH3 is 1. The molecule has 1 amide bonds. The predicted octanol–water partition coefficient (Wildman–Crippen LogP) is 0.165. The van der Waals surface area contributed by atoms with Crippen LogP contribution in [0.4, 0.5) is 0 Å². The topological polar surface area (TPSA) is 44.8 Å². The third-order valence-electron chi connectivity index (χ3n) is 4.33. The largest absolute Gasteiger partial charge is 0.380 e. The second kappa shape index (κ2) is 7.22. The van der Waals surface area contributed by atoms with Gasteiger partial charge in [0.15, 0.2) is 0 Å². The molecule has 2 aliphatic heterocycles. The number of amides is 1. The standard InChI is InChI=1S/C14H27N3O2/c1-12-4-8-16(10-13(12)19-2)11-14(18)17-7-3-5-15-6-9-17/h12-13,15H,3-11H2,1-2H3. The summed E-state index contributed by atoms with van der Waals surface area (Å²) in [6.45, 7) is 8.36. The van der Waals surface area contributed by atoms with Crippen LogP contribution in [0.5, 0.6) is 0 Å². The van der Waals surface area contributed by atoms with Gasteiger partial charge in [0, 0.05) is 33.3 Å². The van der Waals surface area contributed by atoms with E-state index >= 15 is 0 Å². The van der Waals surface area contributed by atoms with E-state index < -0.39 is 0 Å². The van der Waals surface area contributed by atoms with E-state index in [1.807, 2.05) is 4.90 Å². The van der Waals surface area contributed by atoms with Crippen LogP contribution in [0.2, 0.25) is 0 Å². The Morgan fingerprint density at radius 3 is 2.95 bits per heavy atom. The van der Waals surface area contributed by atoms with Crippen molar-refractivity contribution >= 4 is 5.91 Å². The molecule has 2 atom stereocenters. The summed E-state index contributed by atoms with van der Waals surface area (Å²) in [5.41, 5.74) is 0. The zero-order chi connectivity index (χ0) is 13.7. The van der Waals surface area contributed by atoms with Gasteiger partial charge in [-0.15, -0.1) is 0 Å². The van der Waals surface area contributed by atoms with Gasteiger partial charge in [-0.1, -0.05) is 6.92 Å². The van der Waals surface area contributed by atoms with Gasteiger partial charge in [0.1, 0.15) is 0 Å². The Labute approximate surface area is 116 Å². The molecule has 5 nitrogen and oxygen atoms in total. The lowest BCUT2D eigenvalue weighted by molar-refractivity contribution is -0.133. The molecular weight excluding hydrogens is 242 g/mol. The van der Waals surface area contributed by atoms with Crippen molar-refractivity contribution in [2.75, 3.05) is 52.9 Å². The minimum atomic E-state index is 0.271. The molecule has 0 aromatic rings. The van der Waals surface area contributed by atoms with Gasteiger partial charge < -0.3 is 15.0 Å². The molecule has 0 aromatic heterocycles. The Balaban J connectivity index is 1.81. The molecule has 2 aliphatic rings. The van der Waals surface area contributed by atoms with Crippen molar-refractivity contribution in [2.24, 2.45) is 5.92 Å². The number of carbonyl (C=O) groups is 1. The van der Waals surface area contributed by atoms with Gasteiger partial charge >= 0.3 is 0 Å². The van der Waals surface area contributed by atoms with Crippen molar-refractivity contribution in [3.63, 3.8) is 0 Å². The number of nitrogens with zero attached hydrogens (tertiary/aromatic N) is 2. The van der Waals surface area contributed by atoms with Crippen LogP contribution in [0.15, 0.2) is 0 Å². The van der Waals surface area contributed by atoms with Crippen LogP contribution >= 0.6 is 0 Å². The quantitative estimate of drug-likeness (QED) is 0.793. The van der Waals surface area contributed by atoms with Crippen LogP contribution in [0.3, 0.4) is 0 Å². The maximum Gasteiger partial charge on any atom is 0.236 e. The van der Waals surface area contributed by atoms with Crippen LogP contribution < -0.4 is 5.32 Å². The van der Waals surface area contributed by atoms with E-state index in [2.05, 4.69) is 17.1 Å². The summed E-state index contributed by atoms with van der Waals surface area (Å²) in [5, 5.41) is 3.33. The first-order valence-corrected chi connectivity index (χ1v) is 7.44. The second-order valence-corrected chi connectivity index (χ2v) is 5.76. The monoisotopic (exact) mass is 269 g/mol. The molecule has 0 bridgehead atoms. The molecule has 110 valence electrons.